The molecule has 1 N–H and O–H groups in total. The van der Waals surface area contributed by atoms with Gasteiger partial charge in [-0.15, -0.1) is 0 Å². The minimum atomic E-state index is -0.747. The highest BCUT2D eigenvalue weighted by atomic mass is 16.4. The molecule has 0 aromatic heterocycles. The maximum atomic E-state index is 10.7. The molecule has 0 amide bonds. The topological polar surface area (TPSA) is 40.5 Å². The summed E-state index contributed by atoms with van der Waals surface area (Å²) >= 11 is 0. The van der Waals surface area contributed by atoms with Gasteiger partial charge in [-0.05, 0) is 38.8 Å². The predicted molar refractivity (Wildman–Crippen MR) is 58.4 cm³/mol. The summed E-state index contributed by atoms with van der Waals surface area (Å²) in [6.07, 6.45) is 2.18. The molecule has 0 spiro atoms. The lowest BCUT2D eigenvalue weighted by Gasteiger charge is -2.23. The highest BCUT2D eigenvalue weighted by Gasteiger charge is 2.17. The molecule has 0 aliphatic rings. The van der Waals surface area contributed by atoms with Gasteiger partial charge in [-0.25, -0.2) is 0 Å². The third-order valence-electron chi connectivity index (χ3n) is 2.46. The third kappa shape index (κ3) is 5.97. The molecule has 84 valence electrons. The van der Waals surface area contributed by atoms with Crippen LogP contribution in [0, 0.1) is 5.41 Å². The lowest BCUT2D eigenvalue weighted by Crippen LogP contribution is -2.36. The Hall–Kier alpha value is -0.570. The zero-order valence-corrected chi connectivity index (χ0v) is 10.0. The summed E-state index contributed by atoms with van der Waals surface area (Å²) in [6, 6.07) is -0.380. The predicted octanol–water partition coefficient (Wildman–Crippen LogP) is 2.22. The Morgan fingerprint density at radius 1 is 1.43 bits per heavy atom. The standard InChI is InChI=1S/C11H23NO2/c1-9(10(13)14)12(5)8-6-7-11(2,3)4/h9H,6-8H2,1-5H3,(H,13,14). The second-order valence-electron chi connectivity index (χ2n) is 5.16. The Morgan fingerprint density at radius 3 is 2.29 bits per heavy atom. The number of carboxylic acid groups (broad SMARTS) is 1. The summed E-state index contributed by atoms with van der Waals surface area (Å²) in [6.45, 7) is 9.18. The fourth-order valence-corrected chi connectivity index (χ4v) is 1.24. The molecule has 0 aromatic carbocycles. The van der Waals surface area contributed by atoms with Crippen LogP contribution >= 0.6 is 0 Å². The largest absolute Gasteiger partial charge is 0.480 e. The van der Waals surface area contributed by atoms with Crippen molar-refractivity contribution < 1.29 is 9.90 Å². The zero-order chi connectivity index (χ0) is 11.4. The number of rotatable bonds is 5. The van der Waals surface area contributed by atoms with E-state index in [1.165, 1.54) is 0 Å². The number of carboxylic acids is 1. The van der Waals surface area contributed by atoms with Crippen LogP contribution in [0.3, 0.4) is 0 Å². The van der Waals surface area contributed by atoms with Gasteiger partial charge in [0, 0.05) is 0 Å². The summed E-state index contributed by atoms with van der Waals surface area (Å²) in [4.78, 5) is 12.5. The second kappa shape index (κ2) is 5.35. The monoisotopic (exact) mass is 201 g/mol. The van der Waals surface area contributed by atoms with Gasteiger partial charge in [-0.3, -0.25) is 9.69 Å². The van der Waals surface area contributed by atoms with Crippen LogP contribution in [0.25, 0.3) is 0 Å². The number of likely N-dealkylation sites (N-methyl/N-ethyl adjacent to an activating group) is 1. The molecule has 0 aromatic rings. The van der Waals surface area contributed by atoms with Crippen molar-refractivity contribution in [2.45, 2.75) is 46.6 Å². The van der Waals surface area contributed by atoms with Crippen LogP contribution in [0.1, 0.15) is 40.5 Å². The van der Waals surface area contributed by atoms with E-state index >= 15 is 0 Å². The van der Waals surface area contributed by atoms with E-state index in [9.17, 15) is 4.79 Å². The van der Waals surface area contributed by atoms with E-state index in [4.69, 9.17) is 5.11 Å². The molecule has 0 rings (SSSR count). The average molecular weight is 201 g/mol. The number of hydrogen-bond acceptors (Lipinski definition) is 2. The van der Waals surface area contributed by atoms with Crippen molar-refractivity contribution in [1.82, 2.24) is 4.90 Å². The summed E-state index contributed by atoms with van der Waals surface area (Å²) in [5.41, 5.74) is 0.341. The van der Waals surface area contributed by atoms with E-state index in [1.807, 2.05) is 11.9 Å². The number of hydrogen-bond donors (Lipinski definition) is 1. The molecule has 14 heavy (non-hydrogen) atoms. The molecule has 0 heterocycles. The van der Waals surface area contributed by atoms with Crippen molar-refractivity contribution in [3.8, 4) is 0 Å². The molecular weight excluding hydrogens is 178 g/mol. The molecule has 0 bridgehead atoms. The Morgan fingerprint density at radius 2 is 1.93 bits per heavy atom. The molecule has 0 aliphatic heterocycles. The first-order chi connectivity index (χ1) is 6.24. The van der Waals surface area contributed by atoms with Crippen LogP contribution in [0.2, 0.25) is 0 Å². The Labute approximate surface area is 87.1 Å². The maximum Gasteiger partial charge on any atom is 0.320 e. The Kier molecular flexibility index (Phi) is 5.13. The Bertz CT molecular complexity index is 184. The first-order valence-electron chi connectivity index (χ1n) is 5.17. The van der Waals surface area contributed by atoms with Gasteiger partial charge >= 0.3 is 5.97 Å². The minimum absolute atomic E-state index is 0.341. The van der Waals surface area contributed by atoms with Crippen molar-refractivity contribution in [3.63, 3.8) is 0 Å². The van der Waals surface area contributed by atoms with Crippen molar-refractivity contribution in [1.29, 1.82) is 0 Å². The van der Waals surface area contributed by atoms with Crippen LogP contribution in [0.5, 0.6) is 0 Å². The van der Waals surface area contributed by atoms with Crippen LogP contribution in [-0.2, 0) is 4.79 Å². The summed E-state index contributed by atoms with van der Waals surface area (Å²) in [5.74, 6) is -0.747. The van der Waals surface area contributed by atoms with Gasteiger partial charge in [0.15, 0.2) is 0 Å². The van der Waals surface area contributed by atoms with E-state index in [1.54, 1.807) is 6.92 Å². The molecule has 0 fully saturated rings. The second-order valence-corrected chi connectivity index (χ2v) is 5.16. The smallest absolute Gasteiger partial charge is 0.320 e. The van der Waals surface area contributed by atoms with E-state index in [2.05, 4.69) is 20.8 Å². The van der Waals surface area contributed by atoms with E-state index < -0.39 is 5.97 Å². The molecule has 1 unspecified atom stereocenters. The van der Waals surface area contributed by atoms with E-state index in [-0.39, 0.29) is 6.04 Å². The highest BCUT2D eigenvalue weighted by molar-refractivity contribution is 5.72. The minimum Gasteiger partial charge on any atom is -0.480 e. The molecule has 3 nitrogen and oxygen atoms in total. The van der Waals surface area contributed by atoms with Gasteiger partial charge in [0.1, 0.15) is 6.04 Å². The SMILES string of the molecule is CC(C(=O)O)N(C)CCCC(C)(C)C. The molecule has 0 aliphatic carbocycles. The first-order valence-corrected chi connectivity index (χ1v) is 5.17. The number of nitrogens with zero attached hydrogens (tertiary/aromatic N) is 1. The molecular formula is C11H23NO2. The van der Waals surface area contributed by atoms with Crippen molar-refractivity contribution in [3.05, 3.63) is 0 Å². The van der Waals surface area contributed by atoms with Crippen molar-refractivity contribution >= 4 is 5.97 Å². The van der Waals surface area contributed by atoms with Gasteiger partial charge in [0.2, 0.25) is 0 Å². The molecule has 0 saturated carbocycles. The van der Waals surface area contributed by atoms with Gasteiger partial charge < -0.3 is 5.11 Å². The zero-order valence-electron chi connectivity index (χ0n) is 10.0. The molecule has 1 atom stereocenters. The molecule has 0 saturated heterocycles. The highest BCUT2D eigenvalue weighted by Crippen LogP contribution is 2.20. The van der Waals surface area contributed by atoms with E-state index in [0.717, 1.165) is 19.4 Å². The summed E-state index contributed by atoms with van der Waals surface area (Å²) in [5, 5.41) is 8.77. The van der Waals surface area contributed by atoms with Crippen LogP contribution in [0.4, 0.5) is 0 Å². The summed E-state index contributed by atoms with van der Waals surface area (Å²) in [7, 11) is 1.86. The van der Waals surface area contributed by atoms with Crippen molar-refractivity contribution in [2.24, 2.45) is 5.41 Å². The molecule has 3 heteroatoms. The normalized spacial score (nSPS) is 14.4. The van der Waals surface area contributed by atoms with Gasteiger partial charge in [0.05, 0.1) is 0 Å². The number of aliphatic carboxylic acids is 1. The van der Waals surface area contributed by atoms with Crippen LogP contribution in [-0.4, -0.2) is 35.6 Å². The van der Waals surface area contributed by atoms with Crippen LogP contribution in [0.15, 0.2) is 0 Å². The van der Waals surface area contributed by atoms with Crippen LogP contribution < -0.4 is 0 Å². The average Bonchev–Trinajstić information content (AvgIpc) is 2.00. The molecule has 0 radical (unpaired) electrons. The maximum absolute atomic E-state index is 10.7. The fraction of sp³-hybridized carbons (Fsp3) is 0.909. The first kappa shape index (κ1) is 13.4. The Balaban J connectivity index is 3.75. The lowest BCUT2D eigenvalue weighted by molar-refractivity contribution is -0.142. The summed E-state index contributed by atoms with van der Waals surface area (Å²) < 4.78 is 0. The van der Waals surface area contributed by atoms with Gasteiger partial charge in [-0.2, -0.15) is 0 Å². The fourth-order valence-electron chi connectivity index (χ4n) is 1.24. The van der Waals surface area contributed by atoms with Gasteiger partial charge in [-0.1, -0.05) is 20.8 Å². The van der Waals surface area contributed by atoms with Gasteiger partial charge in [0.25, 0.3) is 0 Å². The van der Waals surface area contributed by atoms with E-state index in [0.29, 0.717) is 5.41 Å². The third-order valence-corrected chi connectivity index (χ3v) is 2.46. The number of carbonyl (C=O) groups is 1. The lowest BCUT2D eigenvalue weighted by atomic mass is 9.90. The quantitative estimate of drug-likeness (QED) is 0.741. The van der Waals surface area contributed by atoms with Crippen molar-refractivity contribution in [2.75, 3.05) is 13.6 Å².